The van der Waals surface area contributed by atoms with Crippen LogP contribution in [0, 0.1) is 0 Å². The molecule has 0 amide bonds. The third kappa shape index (κ3) is 12.8. The minimum atomic E-state index is -1.13. The van der Waals surface area contributed by atoms with Crippen LogP contribution in [-0.2, 0) is 31.5 Å². The second-order valence-electron chi connectivity index (χ2n) is 3.07. The molecule has 0 bridgehead atoms. The third-order valence-corrected chi connectivity index (χ3v) is 1.60. The van der Waals surface area contributed by atoms with E-state index >= 15 is 0 Å². The Balaban J connectivity index is 0. The smallest absolute Gasteiger partial charge is 0.317 e. The minimum absolute atomic E-state index is 0. The Kier molecular flexibility index (Phi) is 10.8. The van der Waals surface area contributed by atoms with Crippen LogP contribution in [0.5, 0.6) is 0 Å². The number of nitrogens with one attached hydrogen (secondary N) is 1. The zero-order valence-electron chi connectivity index (χ0n) is 8.85. The van der Waals surface area contributed by atoms with Crippen molar-refractivity contribution in [1.29, 1.82) is 0 Å². The van der Waals surface area contributed by atoms with E-state index in [0.29, 0.717) is 0 Å². The molecule has 0 aliphatic heterocycles. The average Bonchev–Trinajstić information content (AvgIpc) is 2.09. The summed E-state index contributed by atoms with van der Waals surface area (Å²) < 4.78 is 0. The molecule has 0 unspecified atom stereocenters. The van der Waals surface area contributed by atoms with Crippen molar-refractivity contribution in [2.75, 3.05) is 32.7 Å². The number of carbonyl (C=O) groups is 3. The average molecular weight is 298 g/mol. The summed E-state index contributed by atoms with van der Waals surface area (Å²) in [5, 5.41) is 27.8. The molecule has 0 rings (SSSR count). The van der Waals surface area contributed by atoms with Crippen LogP contribution < -0.4 is 5.32 Å². The number of carboxylic acids is 3. The van der Waals surface area contributed by atoms with Crippen LogP contribution in [0.1, 0.15) is 0 Å². The van der Waals surface area contributed by atoms with E-state index in [9.17, 15) is 14.4 Å². The van der Waals surface area contributed by atoms with E-state index in [2.05, 4.69) is 5.32 Å². The molecule has 8 nitrogen and oxygen atoms in total. The maximum absolute atomic E-state index is 10.4. The molecule has 0 saturated carbocycles. The fourth-order valence-corrected chi connectivity index (χ4v) is 1.03. The summed E-state index contributed by atoms with van der Waals surface area (Å²) in [5.74, 6) is -3.28. The summed E-state index contributed by atoms with van der Waals surface area (Å²) in [5.41, 5.74) is 0. The van der Waals surface area contributed by atoms with Gasteiger partial charge in [-0.25, -0.2) is 0 Å². The first-order chi connectivity index (χ1) is 7.41. The van der Waals surface area contributed by atoms with Crippen molar-refractivity contribution in [2.45, 2.75) is 0 Å². The topological polar surface area (TPSA) is 127 Å². The van der Waals surface area contributed by atoms with Gasteiger partial charge in [0.1, 0.15) is 0 Å². The molecule has 4 N–H and O–H groups in total. The Morgan fingerprint density at radius 2 is 1.41 bits per heavy atom. The van der Waals surface area contributed by atoms with Gasteiger partial charge in [-0.15, -0.1) is 0 Å². The maximum Gasteiger partial charge on any atom is 0.317 e. The molecule has 0 aliphatic carbocycles. The molecule has 9 heteroatoms. The summed E-state index contributed by atoms with van der Waals surface area (Å²) in [6, 6.07) is 0. The molecule has 0 aromatic carbocycles. The Morgan fingerprint density at radius 1 is 0.941 bits per heavy atom. The maximum atomic E-state index is 10.4. The zero-order valence-corrected chi connectivity index (χ0v) is 9.79. The van der Waals surface area contributed by atoms with Crippen LogP contribution in [0.3, 0.4) is 0 Å². The molecule has 0 fully saturated rings. The fourth-order valence-electron chi connectivity index (χ4n) is 1.03. The largest absolute Gasteiger partial charge is 0.480 e. The second kappa shape index (κ2) is 10.0. The van der Waals surface area contributed by atoms with Crippen LogP contribution in [0.2, 0.25) is 0 Å². The van der Waals surface area contributed by atoms with Gasteiger partial charge >= 0.3 is 17.9 Å². The van der Waals surface area contributed by atoms with Gasteiger partial charge in [0, 0.05) is 30.2 Å². The van der Waals surface area contributed by atoms with Gasteiger partial charge in [0.05, 0.1) is 19.6 Å². The second-order valence-corrected chi connectivity index (χ2v) is 3.07. The van der Waals surface area contributed by atoms with Gasteiger partial charge in [0.25, 0.3) is 0 Å². The van der Waals surface area contributed by atoms with Crippen molar-refractivity contribution in [3.05, 3.63) is 0 Å². The van der Waals surface area contributed by atoms with Gasteiger partial charge < -0.3 is 20.6 Å². The monoisotopic (exact) mass is 297 g/mol. The van der Waals surface area contributed by atoms with E-state index < -0.39 is 17.9 Å². The Bertz CT molecular complexity index is 257. The van der Waals surface area contributed by atoms with Gasteiger partial charge in [-0.2, -0.15) is 0 Å². The van der Waals surface area contributed by atoms with Crippen molar-refractivity contribution in [2.24, 2.45) is 0 Å². The normalized spacial score (nSPS) is 9.71. The summed E-state index contributed by atoms with van der Waals surface area (Å²) in [4.78, 5) is 32.1. The van der Waals surface area contributed by atoms with E-state index in [-0.39, 0.29) is 49.8 Å². The van der Waals surface area contributed by atoms with Crippen LogP contribution in [0.15, 0.2) is 0 Å². The summed E-state index contributed by atoms with van der Waals surface area (Å²) >= 11 is 0. The molecular weight excluding hydrogens is 284 g/mol. The molecule has 0 atom stereocenters. The molecule has 103 valence electrons. The number of carboxylic acid groups (broad SMARTS) is 3. The van der Waals surface area contributed by atoms with E-state index in [1.54, 1.807) is 0 Å². The molecule has 17 heavy (non-hydrogen) atoms. The standard InChI is InChI=1S/C8H14N2O6.Cu/c11-6(12)3-9-1-2-10(4-7(13)14)5-8(15)16;/h9H,1-5H2,(H,11,12)(H,13,14)(H,15,16);. The van der Waals surface area contributed by atoms with Gasteiger partial charge in [-0.05, 0) is 0 Å². The van der Waals surface area contributed by atoms with E-state index in [1.165, 1.54) is 4.90 Å². The van der Waals surface area contributed by atoms with E-state index in [0.717, 1.165) is 0 Å². The van der Waals surface area contributed by atoms with E-state index in [4.69, 9.17) is 15.3 Å². The van der Waals surface area contributed by atoms with Gasteiger partial charge in [0.2, 0.25) is 0 Å². The van der Waals surface area contributed by atoms with Gasteiger partial charge in [-0.3, -0.25) is 19.3 Å². The molecule has 0 aromatic heterocycles. The van der Waals surface area contributed by atoms with Crippen LogP contribution in [0.4, 0.5) is 0 Å². The van der Waals surface area contributed by atoms with Crippen molar-refractivity contribution >= 4 is 17.9 Å². The van der Waals surface area contributed by atoms with Gasteiger partial charge in [0.15, 0.2) is 0 Å². The first kappa shape index (κ1) is 18.2. The van der Waals surface area contributed by atoms with Crippen molar-refractivity contribution in [3.8, 4) is 0 Å². The predicted molar refractivity (Wildman–Crippen MR) is 52.2 cm³/mol. The number of aliphatic carboxylic acids is 3. The minimum Gasteiger partial charge on any atom is -0.480 e. The predicted octanol–water partition coefficient (Wildman–Crippen LogP) is -1.87. The van der Waals surface area contributed by atoms with Crippen molar-refractivity contribution < 1.29 is 46.8 Å². The third-order valence-electron chi connectivity index (χ3n) is 1.60. The number of rotatable bonds is 9. The summed E-state index contributed by atoms with van der Waals surface area (Å²) in [7, 11) is 0. The first-order valence-electron chi connectivity index (χ1n) is 4.50. The SMILES string of the molecule is O=C(O)CNCCN(CC(=O)O)CC(=O)O.[Cu]. The number of hydrogen-bond acceptors (Lipinski definition) is 5. The summed E-state index contributed by atoms with van der Waals surface area (Å²) in [6.45, 7) is -0.644. The Morgan fingerprint density at radius 3 is 1.76 bits per heavy atom. The zero-order chi connectivity index (χ0) is 12.6. The Labute approximate surface area is 108 Å². The molecular formula is C8H14CuN2O6. The van der Waals surface area contributed by atoms with Crippen LogP contribution in [0.25, 0.3) is 0 Å². The van der Waals surface area contributed by atoms with Crippen LogP contribution >= 0.6 is 0 Å². The molecule has 0 heterocycles. The van der Waals surface area contributed by atoms with Crippen molar-refractivity contribution in [3.63, 3.8) is 0 Å². The molecule has 0 aliphatic rings. The van der Waals surface area contributed by atoms with Crippen molar-refractivity contribution in [1.82, 2.24) is 10.2 Å². The number of nitrogens with zero attached hydrogens (tertiary/aromatic N) is 1. The summed E-state index contributed by atoms with van der Waals surface area (Å²) in [6.07, 6.45) is 0. The fraction of sp³-hybridized carbons (Fsp3) is 0.625. The quantitative estimate of drug-likeness (QED) is 0.288. The first-order valence-corrected chi connectivity index (χ1v) is 4.50. The molecule has 0 spiro atoms. The molecule has 1 radical (unpaired) electrons. The van der Waals surface area contributed by atoms with Gasteiger partial charge in [-0.1, -0.05) is 0 Å². The molecule has 0 saturated heterocycles. The number of hydrogen-bond donors (Lipinski definition) is 4. The van der Waals surface area contributed by atoms with E-state index in [1.807, 2.05) is 0 Å². The van der Waals surface area contributed by atoms with Crippen LogP contribution in [-0.4, -0.2) is 70.9 Å². The Hall–Kier alpha value is -1.15. The molecule has 0 aromatic rings.